The minimum Gasteiger partial charge on any atom is -0.395 e. The molecular formula is C23H32F2N6O. The van der Waals surface area contributed by atoms with Crippen molar-refractivity contribution in [3.05, 3.63) is 63.5 Å². The molecular weight excluding hydrogens is 414 g/mol. The summed E-state index contributed by atoms with van der Waals surface area (Å²) in [5, 5.41) is 1.38. The van der Waals surface area contributed by atoms with Crippen LogP contribution in [-0.4, -0.2) is 40.6 Å². The molecule has 32 heavy (non-hydrogen) atoms. The van der Waals surface area contributed by atoms with E-state index < -0.39 is 5.92 Å². The van der Waals surface area contributed by atoms with Gasteiger partial charge in [0.05, 0.1) is 41.6 Å². The number of alkyl halides is 2. The van der Waals surface area contributed by atoms with Crippen molar-refractivity contribution in [1.29, 1.82) is 0 Å². The number of hydrogen-bond acceptors (Lipinski definition) is 6. The number of rotatable bonds is 7. The van der Waals surface area contributed by atoms with E-state index in [0.29, 0.717) is 47.9 Å². The van der Waals surface area contributed by atoms with E-state index in [2.05, 4.69) is 4.98 Å². The largest absolute Gasteiger partial charge is 0.395 e. The molecule has 0 amide bonds. The van der Waals surface area contributed by atoms with E-state index in [1.54, 1.807) is 41.8 Å². The van der Waals surface area contributed by atoms with Crippen LogP contribution >= 0.6 is 0 Å². The molecule has 0 bridgehead atoms. The second kappa shape index (κ2) is 9.68. The Morgan fingerprint density at radius 3 is 2.69 bits per heavy atom. The van der Waals surface area contributed by atoms with Crippen molar-refractivity contribution < 1.29 is 8.78 Å². The Morgan fingerprint density at radius 2 is 2.06 bits per heavy atom. The van der Waals surface area contributed by atoms with Crippen molar-refractivity contribution in [3.8, 4) is 0 Å². The van der Waals surface area contributed by atoms with Gasteiger partial charge in [-0.3, -0.25) is 4.79 Å². The number of hydrogen-bond donors (Lipinski definition) is 2. The Hall–Kier alpha value is -2.94. The Bertz CT molecular complexity index is 1050. The van der Waals surface area contributed by atoms with Crippen LogP contribution in [-0.2, 0) is 13.0 Å². The highest BCUT2D eigenvalue weighted by atomic mass is 19.3. The van der Waals surface area contributed by atoms with E-state index in [-0.39, 0.29) is 25.1 Å². The third-order valence-corrected chi connectivity index (χ3v) is 5.74. The summed E-state index contributed by atoms with van der Waals surface area (Å²) in [6.07, 6.45) is 3.62. The third-order valence-electron chi connectivity index (χ3n) is 5.74. The van der Waals surface area contributed by atoms with Gasteiger partial charge in [0.25, 0.3) is 11.5 Å². The highest BCUT2D eigenvalue weighted by molar-refractivity contribution is 5.65. The van der Waals surface area contributed by atoms with Gasteiger partial charge in [0.2, 0.25) is 0 Å². The third kappa shape index (κ3) is 5.27. The molecule has 0 atom stereocenters. The fourth-order valence-electron chi connectivity index (χ4n) is 4.08. The van der Waals surface area contributed by atoms with Crippen LogP contribution in [0.3, 0.4) is 0 Å². The first kappa shape index (κ1) is 23.7. The van der Waals surface area contributed by atoms with Crippen LogP contribution < -0.4 is 22.0 Å². The Labute approximate surface area is 187 Å². The van der Waals surface area contributed by atoms with Crippen LogP contribution in [0.2, 0.25) is 0 Å². The maximum absolute atomic E-state index is 13.9. The normalized spacial score (nSPS) is 16.6. The number of nitrogens with zero attached hydrogens (tertiary/aromatic N) is 4. The zero-order chi connectivity index (χ0) is 23.5. The van der Waals surface area contributed by atoms with Gasteiger partial charge in [-0.25, -0.2) is 19.6 Å². The van der Waals surface area contributed by atoms with Gasteiger partial charge in [-0.1, -0.05) is 19.4 Å². The summed E-state index contributed by atoms with van der Waals surface area (Å²) in [7, 11) is 1.65. The smallest absolute Gasteiger partial charge is 0.265 e. The number of pyridine rings is 2. The molecule has 0 unspecified atom stereocenters. The van der Waals surface area contributed by atoms with Gasteiger partial charge in [0.15, 0.2) is 0 Å². The molecule has 0 aliphatic carbocycles. The molecule has 3 rings (SSSR count). The second-order valence-corrected chi connectivity index (χ2v) is 8.37. The number of aromatic nitrogens is 2. The van der Waals surface area contributed by atoms with Crippen molar-refractivity contribution >= 4 is 11.4 Å². The average molecular weight is 447 g/mol. The lowest BCUT2D eigenvalue weighted by molar-refractivity contribution is -0.0117. The van der Waals surface area contributed by atoms with Crippen LogP contribution in [0.4, 0.5) is 14.5 Å². The van der Waals surface area contributed by atoms with Crippen molar-refractivity contribution in [3.63, 3.8) is 0 Å². The maximum Gasteiger partial charge on any atom is 0.265 e. The summed E-state index contributed by atoms with van der Waals surface area (Å²) in [5.74, 6) is 3.35. The molecule has 1 fully saturated rings. The van der Waals surface area contributed by atoms with E-state index in [0.717, 1.165) is 12.0 Å². The Morgan fingerprint density at radius 1 is 1.31 bits per heavy atom. The summed E-state index contributed by atoms with van der Waals surface area (Å²) in [6.45, 7) is 4.25. The Kier molecular flexibility index (Phi) is 7.18. The fraction of sp³-hybridized carbons (Fsp3) is 0.478. The standard InChI is InChI=1S/C23H32F2N6O/c1-4-7-17-8-5-12-30(22(17)32)14-20(29(3)27)21(26)18-9-10-19(16(2)28-18)31-13-6-11-23(24,25)15-31/h5,8-10,12H,4,6-7,11,13-15,26-27H2,1-3H3/b21-20-. The quantitative estimate of drug-likeness (QED) is 0.502. The molecule has 0 aromatic carbocycles. The number of halogens is 2. The molecule has 174 valence electrons. The van der Waals surface area contributed by atoms with Gasteiger partial charge < -0.3 is 20.2 Å². The summed E-state index contributed by atoms with van der Waals surface area (Å²) in [6, 6.07) is 7.15. The molecule has 0 spiro atoms. The van der Waals surface area contributed by atoms with Gasteiger partial charge in [0, 0.05) is 31.8 Å². The van der Waals surface area contributed by atoms with Crippen molar-refractivity contribution in [2.45, 2.75) is 52.0 Å². The van der Waals surface area contributed by atoms with E-state index in [9.17, 15) is 13.6 Å². The minimum atomic E-state index is -2.70. The summed E-state index contributed by atoms with van der Waals surface area (Å²) < 4.78 is 29.3. The van der Waals surface area contributed by atoms with Gasteiger partial charge in [-0.05, 0) is 38.0 Å². The highest BCUT2D eigenvalue weighted by Crippen LogP contribution is 2.31. The van der Waals surface area contributed by atoms with Crippen LogP contribution in [0, 0.1) is 6.92 Å². The fourth-order valence-corrected chi connectivity index (χ4v) is 4.08. The van der Waals surface area contributed by atoms with E-state index >= 15 is 0 Å². The SMILES string of the molecule is CCCc1cccn(C/C(=C(/N)c2ccc(N3CCCC(F)(F)C3)c(C)n2)N(C)N)c1=O. The predicted octanol–water partition coefficient (Wildman–Crippen LogP) is 2.87. The number of anilines is 1. The molecule has 1 saturated heterocycles. The zero-order valence-electron chi connectivity index (χ0n) is 18.9. The van der Waals surface area contributed by atoms with E-state index in [1.807, 2.05) is 19.1 Å². The Balaban J connectivity index is 1.93. The number of allylic oxidation sites excluding steroid dienone is 1. The minimum absolute atomic E-state index is 0.0768. The monoisotopic (exact) mass is 446 g/mol. The molecule has 2 aromatic rings. The van der Waals surface area contributed by atoms with Crippen molar-refractivity contribution in [1.82, 2.24) is 14.6 Å². The number of piperidine rings is 1. The lowest BCUT2D eigenvalue weighted by Crippen LogP contribution is -2.43. The van der Waals surface area contributed by atoms with Crippen molar-refractivity contribution in [2.24, 2.45) is 11.6 Å². The molecule has 3 heterocycles. The summed E-state index contributed by atoms with van der Waals surface area (Å²) >= 11 is 0. The lowest BCUT2D eigenvalue weighted by atomic mass is 10.1. The molecule has 0 radical (unpaired) electrons. The van der Waals surface area contributed by atoms with Crippen molar-refractivity contribution in [2.75, 3.05) is 25.0 Å². The van der Waals surface area contributed by atoms with Crippen LogP contribution in [0.1, 0.15) is 43.1 Å². The molecule has 9 heteroatoms. The maximum atomic E-state index is 13.9. The summed E-state index contributed by atoms with van der Waals surface area (Å²) in [4.78, 5) is 19.0. The molecule has 1 aliphatic heterocycles. The molecule has 2 aromatic heterocycles. The zero-order valence-corrected chi connectivity index (χ0v) is 18.9. The number of likely N-dealkylation sites (N-methyl/N-ethyl adjacent to an activating group) is 1. The number of nitrogens with two attached hydrogens (primary N) is 2. The predicted molar refractivity (Wildman–Crippen MR) is 123 cm³/mol. The van der Waals surface area contributed by atoms with Crippen LogP contribution in [0.15, 0.2) is 41.0 Å². The molecule has 7 nitrogen and oxygen atoms in total. The van der Waals surface area contributed by atoms with E-state index in [1.165, 1.54) is 5.01 Å². The van der Waals surface area contributed by atoms with E-state index in [4.69, 9.17) is 11.6 Å². The van der Waals surface area contributed by atoms with Gasteiger partial charge in [-0.15, -0.1) is 0 Å². The number of hydrazine groups is 1. The van der Waals surface area contributed by atoms with Crippen LogP contribution in [0.25, 0.3) is 5.70 Å². The van der Waals surface area contributed by atoms with Gasteiger partial charge in [-0.2, -0.15) is 0 Å². The van der Waals surface area contributed by atoms with Crippen LogP contribution in [0.5, 0.6) is 0 Å². The highest BCUT2D eigenvalue weighted by Gasteiger charge is 2.35. The molecule has 1 aliphatic rings. The molecule has 0 saturated carbocycles. The second-order valence-electron chi connectivity index (χ2n) is 8.37. The summed E-state index contributed by atoms with van der Waals surface area (Å²) in [5.41, 5.74) is 9.73. The first-order chi connectivity index (χ1) is 15.1. The topological polar surface area (TPSA) is 93.4 Å². The molecule has 4 N–H and O–H groups in total. The van der Waals surface area contributed by atoms with Gasteiger partial charge >= 0.3 is 0 Å². The number of aryl methyl sites for hydroxylation is 2. The lowest BCUT2D eigenvalue weighted by Gasteiger charge is -2.34. The average Bonchev–Trinajstić information content (AvgIpc) is 2.73. The van der Waals surface area contributed by atoms with Gasteiger partial charge in [0.1, 0.15) is 0 Å². The first-order valence-corrected chi connectivity index (χ1v) is 10.9. The first-order valence-electron chi connectivity index (χ1n) is 10.9.